The van der Waals surface area contributed by atoms with Crippen LogP contribution >= 0.6 is 0 Å². The highest BCUT2D eigenvalue weighted by Gasteiger charge is 1.80. The molecule has 9 heavy (non-hydrogen) atoms. The molecule has 0 aliphatic rings. The average molecular weight is 128 g/mol. The number of nitrogens with one attached hydrogen (secondary N) is 2. The van der Waals surface area contributed by atoms with E-state index >= 15 is 0 Å². The van der Waals surface area contributed by atoms with E-state index in [1.807, 2.05) is 0 Å². The van der Waals surface area contributed by atoms with E-state index in [2.05, 4.69) is 5.32 Å². The van der Waals surface area contributed by atoms with Crippen molar-refractivity contribution in [2.24, 2.45) is 11.5 Å². The fraction of sp³-hybridized carbons (Fsp3) is 0. The number of amides is 1. The molecule has 0 bridgehead atoms. The Bertz CT molecular complexity index is 151. The number of carbonyl (C=O) groups is 1. The third kappa shape index (κ3) is 6.48. The quantitative estimate of drug-likeness (QED) is 0.206. The molecule has 0 rings (SSSR count). The maximum Gasteiger partial charge on any atom is 0.242 e. The molecule has 0 spiro atoms. The lowest BCUT2D eigenvalue weighted by Crippen LogP contribution is -2.25. The number of hydrogen-bond acceptors (Lipinski definition) is 2. The maximum absolute atomic E-state index is 9.96. The van der Waals surface area contributed by atoms with Crippen LogP contribution in [0.3, 0.4) is 0 Å². The third-order valence-corrected chi connectivity index (χ3v) is 0.486. The molecule has 0 aromatic heterocycles. The van der Waals surface area contributed by atoms with Gasteiger partial charge in [0, 0.05) is 12.3 Å². The molecule has 5 nitrogen and oxygen atoms in total. The van der Waals surface area contributed by atoms with Gasteiger partial charge in [-0.15, -0.1) is 0 Å². The Morgan fingerprint density at radius 1 is 1.56 bits per heavy atom. The van der Waals surface area contributed by atoms with E-state index in [4.69, 9.17) is 16.9 Å². The molecule has 5 heteroatoms. The number of guanidine groups is 1. The maximum atomic E-state index is 9.96. The first-order chi connectivity index (χ1) is 4.13. The van der Waals surface area contributed by atoms with Crippen LogP contribution in [-0.4, -0.2) is 11.9 Å². The predicted molar refractivity (Wildman–Crippen MR) is 33.4 cm³/mol. The molecule has 0 aliphatic carbocycles. The summed E-state index contributed by atoms with van der Waals surface area (Å²) in [6.07, 6.45) is 2.27. The second-order valence-electron chi connectivity index (χ2n) is 1.29. The minimum atomic E-state index is -0.580. The van der Waals surface area contributed by atoms with Crippen molar-refractivity contribution in [1.82, 2.24) is 5.32 Å². The number of primary amides is 1. The van der Waals surface area contributed by atoms with E-state index in [0.717, 1.165) is 6.08 Å². The molecule has 0 saturated heterocycles. The van der Waals surface area contributed by atoms with Gasteiger partial charge in [0.05, 0.1) is 0 Å². The zero-order chi connectivity index (χ0) is 7.28. The van der Waals surface area contributed by atoms with Crippen molar-refractivity contribution in [3.05, 3.63) is 12.3 Å². The first-order valence-corrected chi connectivity index (χ1v) is 2.19. The van der Waals surface area contributed by atoms with Gasteiger partial charge in [0.15, 0.2) is 5.96 Å². The Kier molecular flexibility index (Phi) is 2.89. The topological polar surface area (TPSA) is 105 Å². The minimum Gasteiger partial charge on any atom is -0.370 e. The van der Waals surface area contributed by atoms with E-state index in [0.29, 0.717) is 0 Å². The number of nitrogens with two attached hydrogens (primary N) is 2. The van der Waals surface area contributed by atoms with Crippen molar-refractivity contribution in [3.8, 4) is 0 Å². The van der Waals surface area contributed by atoms with Crippen molar-refractivity contribution >= 4 is 11.9 Å². The zero-order valence-electron chi connectivity index (χ0n) is 4.72. The Morgan fingerprint density at radius 3 is 2.44 bits per heavy atom. The van der Waals surface area contributed by atoms with Crippen LogP contribution in [0.1, 0.15) is 0 Å². The number of carbonyl (C=O) groups excluding carboxylic acids is 1. The molecular weight excluding hydrogens is 120 g/mol. The van der Waals surface area contributed by atoms with Gasteiger partial charge in [-0.3, -0.25) is 10.2 Å². The normalized spacial score (nSPS) is 9.33. The third-order valence-electron chi connectivity index (χ3n) is 0.486. The highest BCUT2D eigenvalue weighted by molar-refractivity contribution is 5.86. The van der Waals surface area contributed by atoms with E-state index in [1.54, 1.807) is 0 Å². The van der Waals surface area contributed by atoms with Crippen LogP contribution in [0.2, 0.25) is 0 Å². The van der Waals surface area contributed by atoms with Crippen LogP contribution in [0.25, 0.3) is 0 Å². The summed E-state index contributed by atoms with van der Waals surface area (Å²) in [4.78, 5) is 9.96. The summed E-state index contributed by atoms with van der Waals surface area (Å²) >= 11 is 0. The highest BCUT2D eigenvalue weighted by atomic mass is 16.1. The molecule has 0 aliphatic heterocycles. The Balaban J connectivity index is 3.48. The fourth-order valence-corrected chi connectivity index (χ4v) is 0.214. The Morgan fingerprint density at radius 2 is 2.11 bits per heavy atom. The summed E-state index contributed by atoms with van der Waals surface area (Å²) in [6, 6.07) is 0. The summed E-state index contributed by atoms with van der Waals surface area (Å²) in [5, 5.41) is 8.86. The van der Waals surface area contributed by atoms with Gasteiger partial charge < -0.3 is 16.8 Å². The second-order valence-corrected chi connectivity index (χ2v) is 1.29. The van der Waals surface area contributed by atoms with Gasteiger partial charge in [-0.2, -0.15) is 0 Å². The lowest BCUT2D eigenvalue weighted by atomic mass is 10.6. The Hall–Kier alpha value is -1.52. The molecule has 0 atom stereocenters. The number of rotatable bonds is 2. The lowest BCUT2D eigenvalue weighted by molar-refractivity contribution is -0.113. The van der Waals surface area contributed by atoms with Crippen LogP contribution in [0, 0.1) is 5.41 Å². The monoisotopic (exact) mass is 128 g/mol. The predicted octanol–water partition coefficient (Wildman–Crippen LogP) is -1.53. The first-order valence-electron chi connectivity index (χ1n) is 2.19. The van der Waals surface area contributed by atoms with Gasteiger partial charge in [0.1, 0.15) is 0 Å². The fourth-order valence-electron chi connectivity index (χ4n) is 0.214. The van der Waals surface area contributed by atoms with Crippen LogP contribution in [0.5, 0.6) is 0 Å². The average Bonchev–Trinajstić information content (AvgIpc) is 1.63. The zero-order valence-corrected chi connectivity index (χ0v) is 4.72. The second kappa shape index (κ2) is 3.48. The molecular formula is C4H8N4O. The van der Waals surface area contributed by atoms with E-state index in [-0.39, 0.29) is 5.96 Å². The smallest absolute Gasteiger partial charge is 0.242 e. The highest BCUT2D eigenvalue weighted by Crippen LogP contribution is 1.62. The SMILES string of the molecule is N=C(N)NC=CC(N)=O. The molecule has 6 N–H and O–H groups in total. The molecule has 0 fully saturated rings. The van der Waals surface area contributed by atoms with E-state index < -0.39 is 5.91 Å². The molecule has 50 valence electrons. The molecule has 1 amide bonds. The van der Waals surface area contributed by atoms with Crippen molar-refractivity contribution in [2.75, 3.05) is 0 Å². The van der Waals surface area contributed by atoms with Crippen molar-refractivity contribution < 1.29 is 4.79 Å². The molecule has 0 aromatic rings. The van der Waals surface area contributed by atoms with Gasteiger partial charge in [-0.1, -0.05) is 0 Å². The first kappa shape index (κ1) is 7.48. The standard InChI is InChI=1S/C4H8N4O/c5-3(9)1-2-8-4(6)7/h1-2H,(H2,5,9)(H4,6,7,8). The summed E-state index contributed by atoms with van der Waals surface area (Å²) in [5.41, 5.74) is 9.55. The van der Waals surface area contributed by atoms with Crippen LogP contribution in [0.15, 0.2) is 12.3 Å². The Labute approximate surface area is 52.2 Å². The molecule has 0 unspecified atom stereocenters. The summed E-state index contributed by atoms with van der Waals surface area (Å²) < 4.78 is 0. The van der Waals surface area contributed by atoms with E-state index in [1.165, 1.54) is 6.20 Å². The molecule has 0 saturated carbocycles. The van der Waals surface area contributed by atoms with Crippen molar-refractivity contribution in [3.63, 3.8) is 0 Å². The summed E-state index contributed by atoms with van der Waals surface area (Å²) in [7, 11) is 0. The number of hydrogen-bond donors (Lipinski definition) is 4. The van der Waals surface area contributed by atoms with Gasteiger partial charge in [0.2, 0.25) is 5.91 Å². The van der Waals surface area contributed by atoms with Crippen LogP contribution < -0.4 is 16.8 Å². The largest absolute Gasteiger partial charge is 0.370 e. The summed E-state index contributed by atoms with van der Waals surface area (Å²) in [6.45, 7) is 0. The molecule has 0 aromatic carbocycles. The summed E-state index contributed by atoms with van der Waals surface area (Å²) in [5.74, 6) is -0.809. The van der Waals surface area contributed by atoms with Crippen LogP contribution in [0.4, 0.5) is 0 Å². The lowest BCUT2D eigenvalue weighted by Gasteiger charge is -1.90. The molecule has 0 heterocycles. The van der Waals surface area contributed by atoms with Gasteiger partial charge in [-0.05, 0) is 0 Å². The molecule has 0 radical (unpaired) electrons. The van der Waals surface area contributed by atoms with Crippen molar-refractivity contribution in [1.29, 1.82) is 5.41 Å². The van der Waals surface area contributed by atoms with Gasteiger partial charge in [0.25, 0.3) is 0 Å². The van der Waals surface area contributed by atoms with Gasteiger partial charge >= 0.3 is 0 Å². The van der Waals surface area contributed by atoms with Crippen molar-refractivity contribution in [2.45, 2.75) is 0 Å². The minimum absolute atomic E-state index is 0.229. The van der Waals surface area contributed by atoms with Crippen LogP contribution in [-0.2, 0) is 4.79 Å². The van der Waals surface area contributed by atoms with E-state index in [9.17, 15) is 4.79 Å². The van der Waals surface area contributed by atoms with Gasteiger partial charge in [-0.25, -0.2) is 0 Å².